The van der Waals surface area contributed by atoms with E-state index >= 15 is 0 Å². The minimum atomic E-state index is -0.0787. The predicted molar refractivity (Wildman–Crippen MR) is 35.8 cm³/mol. The van der Waals surface area contributed by atoms with Crippen LogP contribution in [0.2, 0.25) is 0 Å². The van der Waals surface area contributed by atoms with Gasteiger partial charge in [0.15, 0.2) is 0 Å². The third kappa shape index (κ3) is 2.80. The van der Waals surface area contributed by atoms with Crippen LogP contribution in [-0.4, -0.2) is 11.0 Å². The lowest BCUT2D eigenvalue weighted by Gasteiger charge is -2.02. The van der Waals surface area contributed by atoms with E-state index in [1.54, 1.807) is 0 Å². The number of hydrogen-bond acceptors (Lipinski definition) is 1. The summed E-state index contributed by atoms with van der Waals surface area (Å²) in [6, 6.07) is 0. The molecule has 1 nitrogen and oxygen atoms in total. The van der Waals surface area contributed by atoms with Gasteiger partial charge in [0.05, 0.1) is 0 Å². The zero-order valence-corrected chi connectivity index (χ0v) is 6.01. The Hall–Kier alpha value is 0.150. The van der Waals surface area contributed by atoms with Gasteiger partial charge < -0.3 is 0 Å². The van der Waals surface area contributed by atoms with Gasteiger partial charge in [-0.25, -0.2) is 0 Å². The average Bonchev–Trinajstić information content (AvgIpc) is 1.65. The maximum absolute atomic E-state index is 7.30. The Morgan fingerprint density at radius 2 is 2.00 bits per heavy atom. The smallest absolute Gasteiger partial charge is 0.00957 e. The maximum atomic E-state index is 7.30. The fourth-order valence-electron chi connectivity index (χ4n) is 0.333. The Balaban J connectivity index is 3.35. The lowest BCUT2D eigenvalue weighted by molar-refractivity contribution is 1.09. The quantitative estimate of drug-likeness (QED) is 0.573. The Morgan fingerprint density at radius 1 is 1.57 bits per heavy atom. The van der Waals surface area contributed by atoms with Gasteiger partial charge in [0.1, 0.15) is 0 Å². The fourth-order valence-corrected chi connectivity index (χ4v) is 1.00. The van der Waals surface area contributed by atoms with Gasteiger partial charge in [0.2, 0.25) is 0 Å². The van der Waals surface area contributed by atoms with E-state index in [1.165, 1.54) is 0 Å². The summed E-state index contributed by atoms with van der Waals surface area (Å²) in [5.74, 6) is 1.01. The summed E-state index contributed by atoms with van der Waals surface area (Å²) < 4.78 is 7.30. The van der Waals surface area contributed by atoms with Gasteiger partial charge in [-0.15, -0.1) is 10.7 Å². The third-order valence-electron chi connectivity index (χ3n) is 0.880. The first kappa shape index (κ1) is 7.15. The molecule has 1 unspecified atom stereocenters. The highest BCUT2D eigenvalue weighted by atomic mass is 32.2. The van der Waals surface area contributed by atoms with Crippen molar-refractivity contribution in [2.24, 2.45) is 0 Å². The summed E-state index contributed by atoms with van der Waals surface area (Å²) in [7, 11) is -0.0787. The lowest BCUT2D eigenvalue weighted by atomic mass is 10.6. The molecule has 0 rings (SSSR count). The normalized spacial score (nSPS) is 14.9. The van der Waals surface area contributed by atoms with Gasteiger partial charge in [-0.05, 0) is 0 Å². The summed E-state index contributed by atoms with van der Waals surface area (Å²) in [4.78, 5) is 0. The van der Waals surface area contributed by atoms with Crippen molar-refractivity contribution < 1.29 is 0 Å². The van der Waals surface area contributed by atoms with E-state index in [9.17, 15) is 0 Å². The van der Waals surface area contributed by atoms with Gasteiger partial charge in [-0.2, -0.15) is 0 Å². The molecule has 0 amide bonds. The number of hydrogen-bond donors (Lipinski definition) is 1. The molecule has 0 aliphatic carbocycles. The summed E-state index contributed by atoms with van der Waals surface area (Å²) in [6.45, 7) is 6.26. The second kappa shape index (κ2) is 3.19. The molecule has 0 aromatic heterocycles. The monoisotopic (exact) mass is 119 g/mol. The Kier molecular flexibility index (Phi) is 3.26. The highest BCUT2D eigenvalue weighted by molar-refractivity contribution is 7.86. The van der Waals surface area contributed by atoms with Crippen LogP contribution in [0, 0.1) is 4.78 Å². The summed E-state index contributed by atoms with van der Waals surface area (Å²) >= 11 is 0. The first-order chi connectivity index (χ1) is 3.18. The van der Waals surface area contributed by atoms with Crippen molar-refractivity contribution >= 4 is 10.7 Å². The van der Waals surface area contributed by atoms with E-state index in [4.69, 9.17) is 4.78 Å². The molecule has 0 fully saturated rings. The number of nitrogens with one attached hydrogen (secondary N) is 1. The van der Waals surface area contributed by atoms with E-state index in [2.05, 4.69) is 20.8 Å². The van der Waals surface area contributed by atoms with E-state index in [0.29, 0.717) is 5.25 Å². The Bertz CT molecular complexity index is 68.5. The van der Waals surface area contributed by atoms with E-state index in [-0.39, 0.29) is 10.7 Å². The summed E-state index contributed by atoms with van der Waals surface area (Å²) in [6.07, 6.45) is 0. The van der Waals surface area contributed by atoms with E-state index in [0.717, 1.165) is 5.75 Å². The molecule has 0 bridgehead atoms. The van der Waals surface area contributed by atoms with Crippen molar-refractivity contribution in [1.29, 1.82) is 4.78 Å². The fraction of sp³-hybridized carbons (Fsp3) is 1.00. The lowest BCUT2D eigenvalue weighted by Crippen LogP contribution is -2.04. The van der Waals surface area contributed by atoms with Gasteiger partial charge in [-0.3, -0.25) is 4.78 Å². The zero-order valence-electron chi connectivity index (χ0n) is 5.19. The van der Waals surface area contributed by atoms with Crippen molar-refractivity contribution in [3.05, 3.63) is 0 Å². The third-order valence-corrected chi connectivity index (χ3v) is 2.64. The Labute approximate surface area is 48.0 Å². The van der Waals surface area contributed by atoms with Crippen LogP contribution >= 0.6 is 0 Å². The van der Waals surface area contributed by atoms with Crippen molar-refractivity contribution in [1.82, 2.24) is 0 Å². The van der Waals surface area contributed by atoms with Gasteiger partial charge in [-0.1, -0.05) is 20.8 Å². The molecule has 0 saturated carbocycles. The van der Waals surface area contributed by atoms with Gasteiger partial charge in [0, 0.05) is 11.0 Å². The van der Waals surface area contributed by atoms with E-state index < -0.39 is 0 Å². The predicted octanol–water partition coefficient (Wildman–Crippen LogP) is 1.80. The van der Waals surface area contributed by atoms with Crippen LogP contribution in [0.5, 0.6) is 0 Å². The molecule has 1 atom stereocenters. The van der Waals surface area contributed by atoms with Gasteiger partial charge >= 0.3 is 0 Å². The molecule has 44 valence electrons. The molecule has 0 aromatic carbocycles. The average molecular weight is 119 g/mol. The molecule has 0 aromatic rings. The van der Waals surface area contributed by atoms with Crippen molar-refractivity contribution in [2.75, 3.05) is 5.75 Å². The van der Waals surface area contributed by atoms with Crippen LogP contribution in [-0.2, 0) is 10.7 Å². The standard InChI is InChI=1S/C5H13NS/c1-4-7(6)5(2)3/h5-6H,4H2,1-3H3. The molecule has 2 heteroatoms. The first-order valence-corrected chi connectivity index (χ1v) is 4.05. The molecular weight excluding hydrogens is 106 g/mol. The SMILES string of the molecule is CCS(=N)C(C)C. The second-order valence-corrected chi connectivity index (χ2v) is 4.14. The topological polar surface area (TPSA) is 23.9 Å². The molecule has 7 heavy (non-hydrogen) atoms. The molecule has 0 aliphatic heterocycles. The van der Waals surface area contributed by atoms with Crippen molar-refractivity contribution in [3.63, 3.8) is 0 Å². The molecule has 0 radical (unpaired) electrons. The molecule has 1 N–H and O–H groups in total. The molecule has 0 heterocycles. The Morgan fingerprint density at radius 3 is 2.00 bits per heavy atom. The zero-order chi connectivity index (χ0) is 5.86. The van der Waals surface area contributed by atoms with Crippen molar-refractivity contribution in [3.8, 4) is 0 Å². The molecule has 0 aliphatic rings. The van der Waals surface area contributed by atoms with Crippen LogP contribution in [0.25, 0.3) is 0 Å². The molecule has 0 saturated heterocycles. The van der Waals surface area contributed by atoms with E-state index in [1.807, 2.05) is 0 Å². The summed E-state index contributed by atoms with van der Waals surface area (Å²) in [5, 5.41) is 0.560. The van der Waals surface area contributed by atoms with Crippen LogP contribution in [0.3, 0.4) is 0 Å². The first-order valence-electron chi connectivity index (χ1n) is 2.59. The minimum absolute atomic E-state index is 0.0787. The summed E-state index contributed by atoms with van der Waals surface area (Å²) in [5.41, 5.74) is 0. The van der Waals surface area contributed by atoms with Crippen LogP contribution in [0.1, 0.15) is 20.8 Å². The molecular formula is C5H13NS. The largest absolute Gasteiger partial charge is 0.280 e. The second-order valence-electron chi connectivity index (χ2n) is 1.77. The maximum Gasteiger partial charge on any atom is 0.00957 e. The highest BCUT2D eigenvalue weighted by Gasteiger charge is 1.93. The number of rotatable bonds is 2. The minimum Gasteiger partial charge on any atom is -0.280 e. The van der Waals surface area contributed by atoms with Crippen LogP contribution in [0.4, 0.5) is 0 Å². The van der Waals surface area contributed by atoms with Crippen LogP contribution < -0.4 is 0 Å². The van der Waals surface area contributed by atoms with Crippen LogP contribution in [0.15, 0.2) is 0 Å². The molecule has 0 spiro atoms. The highest BCUT2D eigenvalue weighted by Crippen LogP contribution is 1.92. The van der Waals surface area contributed by atoms with Crippen molar-refractivity contribution in [2.45, 2.75) is 26.0 Å². The van der Waals surface area contributed by atoms with Gasteiger partial charge in [0.25, 0.3) is 0 Å².